The quantitative estimate of drug-likeness (QED) is 0.475. The fraction of sp³-hybridized carbons (Fsp3) is 0.200. The first-order valence-corrected chi connectivity index (χ1v) is 8.36. The number of fused-ring (bicyclic) bond motifs is 1. The van der Waals surface area contributed by atoms with Crippen molar-refractivity contribution in [3.63, 3.8) is 0 Å². The van der Waals surface area contributed by atoms with E-state index in [4.69, 9.17) is 25.8 Å². The van der Waals surface area contributed by atoms with Gasteiger partial charge in [0.2, 0.25) is 0 Å². The minimum absolute atomic E-state index is 0.0481. The van der Waals surface area contributed by atoms with Gasteiger partial charge in [-0.25, -0.2) is 9.78 Å². The highest BCUT2D eigenvalue weighted by molar-refractivity contribution is 6.30. The molecule has 1 aromatic heterocycles. The summed E-state index contributed by atoms with van der Waals surface area (Å²) in [6.07, 6.45) is 0. The van der Waals surface area contributed by atoms with Crippen molar-refractivity contribution in [3.8, 4) is 5.75 Å². The summed E-state index contributed by atoms with van der Waals surface area (Å²) in [5.41, 5.74) is 2.83. The Morgan fingerprint density at radius 2 is 1.81 bits per heavy atom. The van der Waals surface area contributed by atoms with Crippen LogP contribution in [0.25, 0.3) is 10.9 Å². The second-order valence-electron chi connectivity index (χ2n) is 5.70. The molecule has 26 heavy (non-hydrogen) atoms. The number of hydrogen-bond acceptors (Lipinski definition) is 5. The van der Waals surface area contributed by atoms with Crippen molar-refractivity contribution < 1.29 is 19.0 Å². The standard InChI is InChI=1S/C20H18ClNO4/c1-24-11-13-3-5-14(6-4-13)20(23)26-12-16-9-15-7-8-17(25-2)10-18(15)22-19(16)21/h3-10H,11-12H2,1-2H3. The van der Waals surface area contributed by atoms with Gasteiger partial charge in [-0.15, -0.1) is 0 Å². The van der Waals surface area contributed by atoms with Crippen LogP contribution in [0.2, 0.25) is 5.15 Å². The third kappa shape index (κ3) is 4.12. The highest BCUT2D eigenvalue weighted by Crippen LogP contribution is 2.25. The summed E-state index contributed by atoms with van der Waals surface area (Å²) in [7, 11) is 3.22. The number of carbonyl (C=O) groups excluding carboxylic acids is 1. The van der Waals surface area contributed by atoms with Crippen LogP contribution in [0.4, 0.5) is 0 Å². The molecule has 1 heterocycles. The van der Waals surface area contributed by atoms with Crippen molar-refractivity contribution in [3.05, 3.63) is 70.4 Å². The minimum Gasteiger partial charge on any atom is -0.497 e. The summed E-state index contributed by atoms with van der Waals surface area (Å²) in [4.78, 5) is 16.6. The maximum absolute atomic E-state index is 12.2. The van der Waals surface area contributed by atoms with Gasteiger partial charge in [-0.3, -0.25) is 0 Å². The van der Waals surface area contributed by atoms with Crippen LogP contribution in [-0.4, -0.2) is 25.2 Å². The lowest BCUT2D eigenvalue weighted by molar-refractivity contribution is 0.0472. The average molecular weight is 372 g/mol. The van der Waals surface area contributed by atoms with Gasteiger partial charge in [-0.1, -0.05) is 23.7 Å². The summed E-state index contributed by atoms with van der Waals surface area (Å²) in [5.74, 6) is 0.289. The number of methoxy groups -OCH3 is 2. The number of rotatable bonds is 6. The topological polar surface area (TPSA) is 57.7 Å². The van der Waals surface area contributed by atoms with E-state index in [9.17, 15) is 4.79 Å². The third-order valence-corrected chi connectivity index (χ3v) is 4.24. The van der Waals surface area contributed by atoms with Gasteiger partial charge in [-0.05, 0) is 35.9 Å². The molecular formula is C20H18ClNO4. The van der Waals surface area contributed by atoms with Crippen molar-refractivity contribution in [2.24, 2.45) is 0 Å². The van der Waals surface area contributed by atoms with E-state index in [-0.39, 0.29) is 6.61 Å². The third-order valence-electron chi connectivity index (χ3n) is 3.91. The monoisotopic (exact) mass is 371 g/mol. The Bertz CT molecular complexity index is 925. The fourth-order valence-electron chi connectivity index (χ4n) is 2.53. The van der Waals surface area contributed by atoms with Gasteiger partial charge < -0.3 is 14.2 Å². The molecule has 0 amide bonds. The molecule has 0 saturated carbocycles. The molecule has 0 aliphatic carbocycles. The second-order valence-corrected chi connectivity index (χ2v) is 6.06. The summed E-state index contributed by atoms with van der Waals surface area (Å²) in [6.45, 7) is 0.547. The molecule has 3 aromatic rings. The zero-order chi connectivity index (χ0) is 18.5. The van der Waals surface area contributed by atoms with Crippen LogP contribution in [0.3, 0.4) is 0 Å². The first-order valence-electron chi connectivity index (χ1n) is 7.99. The lowest BCUT2D eigenvalue weighted by Gasteiger charge is -2.09. The highest BCUT2D eigenvalue weighted by Gasteiger charge is 2.11. The van der Waals surface area contributed by atoms with E-state index in [0.29, 0.717) is 28.6 Å². The number of benzene rings is 2. The first-order chi connectivity index (χ1) is 12.6. The van der Waals surface area contributed by atoms with Gasteiger partial charge in [0.05, 0.1) is 24.8 Å². The fourth-order valence-corrected chi connectivity index (χ4v) is 2.73. The molecule has 0 unspecified atom stereocenters. The number of ether oxygens (including phenoxy) is 3. The van der Waals surface area contributed by atoms with Crippen LogP contribution in [0.1, 0.15) is 21.5 Å². The molecule has 0 saturated heterocycles. The smallest absolute Gasteiger partial charge is 0.338 e. The van der Waals surface area contributed by atoms with Crippen LogP contribution >= 0.6 is 11.6 Å². The summed E-state index contributed by atoms with van der Waals surface area (Å²) in [5, 5.41) is 1.19. The molecule has 3 rings (SSSR count). The number of pyridine rings is 1. The van der Waals surface area contributed by atoms with Crippen molar-refractivity contribution in [1.29, 1.82) is 0 Å². The summed E-state index contributed by atoms with van der Waals surface area (Å²) in [6, 6.07) is 14.5. The van der Waals surface area contributed by atoms with E-state index < -0.39 is 5.97 Å². The van der Waals surface area contributed by atoms with Gasteiger partial charge in [0.1, 0.15) is 17.5 Å². The molecule has 0 N–H and O–H groups in total. The Balaban J connectivity index is 1.72. The van der Waals surface area contributed by atoms with Crippen LogP contribution < -0.4 is 4.74 Å². The molecule has 5 nitrogen and oxygen atoms in total. The maximum atomic E-state index is 12.2. The molecule has 0 aliphatic heterocycles. The molecular weight excluding hydrogens is 354 g/mol. The minimum atomic E-state index is -0.417. The molecule has 0 spiro atoms. The van der Waals surface area contributed by atoms with E-state index >= 15 is 0 Å². The molecule has 0 radical (unpaired) electrons. The molecule has 2 aromatic carbocycles. The molecule has 6 heteroatoms. The van der Waals surface area contributed by atoms with Gasteiger partial charge in [0.25, 0.3) is 0 Å². The lowest BCUT2D eigenvalue weighted by atomic mass is 10.1. The predicted octanol–water partition coefficient (Wildman–Crippen LogP) is 4.40. The Morgan fingerprint density at radius 3 is 2.50 bits per heavy atom. The summed E-state index contributed by atoms with van der Waals surface area (Å²) >= 11 is 6.23. The number of nitrogens with zero attached hydrogens (tertiary/aromatic N) is 1. The van der Waals surface area contributed by atoms with Gasteiger partial charge >= 0.3 is 5.97 Å². The van der Waals surface area contributed by atoms with Gasteiger partial charge in [0.15, 0.2) is 0 Å². The first kappa shape index (κ1) is 18.2. The normalized spacial score (nSPS) is 10.7. The van der Waals surface area contributed by atoms with E-state index in [1.807, 2.05) is 30.3 Å². The van der Waals surface area contributed by atoms with E-state index in [1.165, 1.54) is 0 Å². The number of aromatic nitrogens is 1. The Kier molecular flexibility index (Phi) is 5.71. The molecule has 0 bridgehead atoms. The number of esters is 1. The molecule has 0 aliphatic rings. The van der Waals surface area contributed by atoms with Crippen LogP contribution in [0, 0.1) is 0 Å². The number of halogens is 1. The van der Waals surface area contributed by atoms with Gasteiger partial charge in [-0.2, -0.15) is 0 Å². The Labute approximate surface area is 156 Å². The SMILES string of the molecule is COCc1ccc(C(=O)OCc2cc3ccc(OC)cc3nc2Cl)cc1. The van der Waals surface area contributed by atoms with Gasteiger partial charge in [0, 0.05) is 24.1 Å². The summed E-state index contributed by atoms with van der Waals surface area (Å²) < 4.78 is 15.6. The Hall–Kier alpha value is -2.63. The van der Waals surface area contributed by atoms with Crippen LogP contribution in [0.5, 0.6) is 5.75 Å². The number of carbonyl (C=O) groups is 1. The largest absolute Gasteiger partial charge is 0.497 e. The van der Waals surface area contributed by atoms with Crippen molar-refractivity contribution in [1.82, 2.24) is 4.98 Å². The predicted molar refractivity (Wildman–Crippen MR) is 99.6 cm³/mol. The zero-order valence-electron chi connectivity index (χ0n) is 14.5. The van der Waals surface area contributed by atoms with Crippen molar-refractivity contribution in [2.75, 3.05) is 14.2 Å². The van der Waals surface area contributed by atoms with E-state index in [1.54, 1.807) is 32.4 Å². The molecule has 0 fully saturated rings. The zero-order valence-corrected chi connectivity index (χ0v) is 15.2. The average Bonchev–Trinajstić information content (AvgIpc) is 2.66. The van der Waals surface area contributed by atoms with E-state index in [0.717, 1.165) is 16.5 Å². The van der Waals surface area contributed by atoms with Crippen molar-refractivity contribution in [2.45, 2.75) is 13.2 Å². The maximum Gasteiger partial charge on any atom is 0.338 e. The van der Waals surface area contributed by atoms with Crippen LogP contribution in [-0.2, 0) is 22.7 Å². The van der Waals surface area contributed by atoms with Crippen LogP contribution in [0.15, 0.2) is 48.5 Å². The highest BCUT2D eigenvalue weighted by atomic mass is 35.5. The second kappa shape index (κ2) is 8.17. The molecule has 134 valence electrons. The molecule has 0 atom stereocenters. The van der Waals surface area contributed by atoms with E-state index in [2.05, 4.69) is 4.98 Å². The Morgan fingerprint density at radius 1 is 1.04 bits per heavy atom. The van der Waals surface area contributed by atoms with Crippen molar-refractivity contribution >= 4 is 28.5 Å². The number of hydrogen-bond donors (Lipinski definition) is 0. The lowest BCUT2D eigenvalue weighted by Crippen LogP contribution is -2.06.